The van der Waals surface area contributed by atoms with Crippen molar-refractivity contribution in [2.75, 3.05) is 18.0 Å². The first-order chi connectivity index (χ1) is 17.8. The molecule has 0 saturated carbocycles. The Labute approximate surface area is 214 Å². The van der Waals surface area contributed by atoms with E-state index in [1.807, 2.05) is 0 Å². The number of benzene rings is 4. The van der Waals surface area contributed by atoms with Gasteiger partial charge >= 0.3 is 0 Å². The van der Waals surface area contributed by atoms with Crippen LogP contribution < -0.4 is 15.3 Å². The lowest BCUT2D eigenvalue weighted by Gasteiger charge is -2.28. The summed E-state index contributed by atoms with van der Waals surface area (Å²) in [5, 5.41) is 2.52. The highest BCUT2D eigenvalue weighted by Gasteiger charge is 2.24. The van der Waals surface area contributed by atoms with Gasteiger partial charge in [-0.15, -0.1) is 0 Å². The Bertz CT molecular complexity index is 1560. The fraction of sp³-hybridized carbons (Fsp3) is 0.143. The van der Waals surface area contributed by atoms with E-state index in [4.69, 9.17) is 0 Å². The van der Waals surface area contributed by atoms with Crippen LogP contribution in [-0.2, 0) is 0 Å². The predicted octanol–water partition coefficient (Wildman–Crippen LogP) is 6.81. The van der Waals surface area contributed by atoms with Crippen LogP contribution in [0.5, 0.6) is 0 Å². The first-order valence-electron chi connectivity index (χ1n) is 13.0. The molecule has 2 aliphatic rings. The molecule has 0 heterocycles. The zero-order chi connectivity index (χ0) is 24.5. The van der Waals surface area contributed by atoms with Gasteiger partial charge in [-0.1, -0.05) is 103 Å². The van der Waals surface area contributed by atoms with Crippen molar-refractivity contribution in [1.82, 2.24) is 0 Å². The zero-order valence-electron chi connectivity index (χ0n) is 21.0. The van der Waals surface area contributed by atoms with Crippen LogP contribution in [-0.4, -0.2) is 13.1 Å². The second-order valence-corrected chi connectivity index (χ2v) is 9.34. The van der Waals surface area contributed by atoms with Crippen LogP contribution in [0.4, 0.5) is 5.69 Å². The van der Waals surface area contributed by atoms with Gasteiger partial charge < -0.3 is 4.90 Å². The highest BCUT2D eigenvalue weighted by atomic mass is 15.1. The molecule has 1 nitrogen and oxygen atoms in total. The Morgan fingerprint density at radius 1 is 0.778 bits per heavy atom. The summed E-state index contributed by atoms with van der Waals surface area (Å²) in [7, 11) is 0. The van der Waals surface area contributed by atoms with Crippen LogP contribution in [0.2, 0.25) is 0 Å². The van der Waals surface area contributed by atoms with Crippen molar-refractivity contribution >= 4 is 22.9 Å². The Hall–Kier alpha value is -4.10. The second kappa shape index (κ2) is 9.51. The van der Waals surface area contributed by atoms with Crippen LogP contribution in [0.3, 0.4) is 0 Å². The van der Waals surface area contributed by atoms with Crippen molar-refractivity contribution in [3.05, 3.63) is 142 Å². The van der Waals surface area contributed by atoms with Crippen molar-refractivity contribution in [2.24, 2.45) is 0 Å². The van der Waals surface area contributed by atoms with Gasteiger partial charge in [0.05, 0.1) is 5.69 Å². The highest BCUT2D eigenvalue weighted by Crippen LogP contribution is 2.35. The van der Waals surface area contributed by atoms with E-state index in [0.717, 1.165) is 19.5 Å². The van der Waals surface area contributed by atoms with Crippen LogP contribution >= 0.6 is 0 Å². The largest absolute Gasteiger partial charge is 0.371 e. The third-order valence-electron chi connectivity index (χ3n) is 7.34. The summed E-state index contributed by atoms with van der Waals surface area (Å²) in [5.74, 6) is 0. The standard InChI is InChI=1S/C35H30N/c1-3-36(4-2)35-32(33(25-15-7-5-8-16-25)26-17-9-6-10-18-26)24-30-29-22-14-13-21-28(29)23-31(30)34(35)27-19-11-12-20-27/h5-19,21-22,24H,3-4,20H2,1-2H3. The molecule has 0 amide bonds. The van der Waals surface area contributed by atoms with Gasteiger partial charge in [-0.2, -0.15) is 0 Å². The Morgan fingerprint density at radius 3 is 2.03 bits per heavy atom. The summed E-state index contributed by atoms with van der Waals surface area (Å²) in [4.78, 5) is 2.53. The first kappa shape index (κ1) is 22.4. The maximum atomic E-state index is 3.81. The summed E-state index contributed by atoms with van der Waals surface area (Å²) in [5.41, 5.74) is 11.5. The molecule has 2 aliphatic carbocycles. The maximum absolute atomic E-state index is 3.81. The topological polar surface area (TPSA) is 3.24 Å². The second-order valence-electron chi connectivity index (χ2n) is 9.34. The van der Waals surface area contributed by atoms with Crippen molar-refractivity contribution in [2.45, 2.75) is 20.3 Å². The molecule has 0 N–H and O–H groups in total. The van der Waals surface area contributed by atoms with Gasteiger partial charge in [0.1, 0.15) is 0 Å². The fourth-order valence-electron chi connectivity index (χ4n) is 5.67. The molecule has 0 spiro atoms. The van der Waals surface area contributed by atoms with Crippen molar-refractivity contribution in [1.29, 1.82) is 0 Å². The molecular formula is C35H30N. The van der Waals surface area contributed by atoms with E-state index in [2.05, 4.69) is 134 Å². The van der Waals surface area contributed by atoms with E-state index < -0.39 is 0 Å². The van der Waals surface area contributed by atoms with E-state index in [-0.39, 0.29) is 0 Å². The van der Waals surface area contributed by atoms with E-state index in [0.29, 0.717) is 0 Å². The summed E-state index contributed by atoms with van der Waals surface area (Å²) in [6.07, 6.45) is 11.5. The average Bonchev–Trinajstić information content (AvgIpc) is 3.59. The molecule has 6 rings (SSSR count). The third-order valence-corrected chi connectivity index (χ3v) is 7.34. The van der Waals surface area contributed by atoms with Gasteiger partial charge in [-0.25, -0.2) is 0 Å². The average molecular weight is 465 g/mol. The molecule has 0 bridgehead atoms. The zero-order valence-corrected chi connectivity index (χ0v) is 21.0. The monoisotopic (exact) mass is 464 g/mol. The fourth-order valence-corrected chi connectivity index (χ4v) is 5.67. The number of rotatable bonds is 6. The van der Waals surface area contributed by atoms with Crippen molar-refractivity contribution in [3.8, 4) is 11.1 Å². The molecule has 1 radical (unpaired) electrons. The van der Waals surface area contributed by atoms with Gasteiger partial charge in [0.15, 0.2) is 0 Å². The minimum absolute atomic E-state index is 0.944. The molecule has 4 aromatic rings. The first-order valence-corrected chi connectivity index (χ1v) is 13.0. The molecule has 36 heavy (non-hydrogen) atoms. The number of fused-ring (bicyclic) bond motifs is 3. The molecular weight excluding hydrogens is 434 g/mol. The van der Waals surface area contributed by atoms with Gasteiger partial charge in [0.25, 0.3) is 0 Å². The van der Waals surface area contributed by atoms with Crippen molar-refractivity contribution in [3.63, 3.8) is 0 Å². The van der Waals surface area contributed by atoms with E-state index in [1.165, 1.54) is 60.7 Å². The molecule has 0 fully saturated rings. The normalized spacial score (nSPS) is 13.1. The molecule has 0 unspecified atom stereocenters. The number of allylic oxidation sites excluding steroid dienone is 4. The third kappa shape index (κ3) is 3.72. The molecule has 1 heteroatoms. The lowest BCUT2D eigenvalue weighted by Crippen LogP contribution is -2.33. The summed E-state index contributed by atoms with van der Waals surface area (Å²) < 4.78 is 0. The molecule has 0 atom stereocenters. The van der Waals surface area contributed by atoms with Crippen LogP contribution in [0.25, 0.3) is 28.3 Å². The Morgan fingerprint density at radius 2 is 1.42 bits per heavy atom. The number of hydrogen-bond acceptors (Lipinski definition) is 1. The van der Waals surface area contributed by atoms with Gasteiger partial charge in [-0.3, -0.25) is 0 Å². The van der Waals surface area contributed by atoms with Gasteiger partial charge in [0.2, 0.25) is 0 Å². The number of hydrogen-bond donors (Lipinski definition) is 0. The number of anilines is 1. The lowest BCUT2D eigenvalue weighted by atomic mass is 9.89. The minimum Gasteiger partial charge on any atom is -0.371 e. The Balaban J connectivity index is 1.85. The molecule has 0 aliphatic heterocycles. The Kier molecular flexibility index (Phi) is 5.91. The van der Waals surface area contributed by atoms with Gasteiger partial charge in [-0.05, 0) is 71.4 Å². The quantitative estimate of drug-likeness (QED) is 0.267. The SMILES string of the molecule is CCN(CC)c1c(C2=CC=CC2)c2c(cc1=C(c1ccccc1)c1ccccc1)-c1ccccc1[C]=2. The number of nitrogens with zero attached hydrogens (tertiary/aromatic N) is 1. The van der Waals surface area contributed by atoms with Crippen LogP contribution in [0.1, 0.15) is 42.5 Å². The minimum atomic E-state index is 0.944. The summed E-state index contributed by atoms with van der Waals surface area (Å²) >= 11 is 0. The van der Waals surface area contributed by atoms with Gasteiger partial charge in [0, 0.05) is 29.1 Å². The summed E-state index contributed by atoms with van der Waals surface area (Å²) in [6.45, 7) is 6.41. The smallest absolute Gasteiger partial charge is 0.0529 e. The molecule has 0 saturated heterocycles. The van der Waals surface area contributed by atoms with Crippen LogP contribution in [0.15, 0.2) is 109 Å². The van der Waals surface area contributed by atoms with E-state index in [9.17, 15) is 0 Å². The van der Waals surface area contributed by atoms with Crippen LogP contribution in [0, 0.1) is 0 Å². The van der Waals surface area contributed by atoms with E-state index in [1.54, 1.807) is 0 Å². The summed E-state index contributed by atoms with van der Waals surface area (Å²) in [6, 6.07) is 32.9. The maximum Gasteiger partial charge on any atom is 0.0529 e. The van der Waals surface area contributed by atoms with E-state index >= 15 is 0 Å². The molecule has 0 aromatic heterocycles. The highest BCUT2D eigenvalue weighted by molar-refractivity contribution is 5.94. The van der Waals surface area contributed by atoms with Crippen molar-refractivity contribution < 1.29 is 0 Å². The lowest BCUT2D eigenvalue weighted by molar-refractivity contribution is 0.859. The molecule has 175 valence electrons. The predicted molar refractivity (Wildman–Crippen MR) is 153 cm³/mol. The molecule has 4 aromatic carbocycles.